The molecule has 0 spiro atoms. The maximum Gasteiger partial charge on any atom is 0.407 e. The molecular weight excluding hydrogens is 411 g/mol. The summed E-state index contributed by atoms with van der Waals surface area (Å²) in [6, 6.07) is 15.8. The number of ether oxygens (including phenoxy) is 3. The smallest absolute Gasteiger partial charge is 0.407 e. The molecule has 0 saturated carbocycles. The number of amides is 1. The van der Waals surface area contributed by atoms with Crippen molar-refractivity contribution in [2.24, 2.45) is 0 Å². The summed E-state index contributed by atoms with van der Waals surface area (Å²) in [5.41, 5.74) is 0.710. The monoisotopic (exact) mass is 444 g/mol. The summed E-state index contributed by atoms with van der Waals surface area (Å²) in [5.74, 6) is 0.392. The van der Waals surface area contributed by atoms with Gasteiger partial charge in [-0.05, 0) is 57.0 Å². The number of halogens is 1. The lowest BCUT2D eigenvalue weighted by atomic mass is 10.0. The second-order valence-corrected chi connectivity index (χ2v) is 9.00. The average molecular weight is 445 g/mol. The van der Waals surface area contributed by atoms with Gasteiger partial charge in [-0.3, -0.25) is 4.90 Å². The van der Waals surface area contributed by atoms with Crippen LogP contribution in [0.15, 0.2) is 54.6 Å². The Kier molecular flexibility index (Phi) is 8.47. The van der Waals surface area contributed by atoms with Gasteiger partial charge in [0.25, 0.3) is 0 Å². The van der Waals surface area contributed by atoms with Crippen LogP contribution in [0.25, 0.3) is 0 Å². The molecule has 1 heterocycles. The summed E-state index contributed by atoms with van der Waals surface area (Å²) in [5, 5.41) is 2.83. The van der Waals surface area contributed by atoms with E-state index in [-0.39, 0.29) is 30.2 Å². The van der Waals surface area contributed by atoms with Crippen molar-refractivity contribution >= 4 is 6.09 Å². The van der Waals surface area contributed by atoms with E-state index in [0.29, 0.717) is 18.9 Å². The van der Waals surface area contributed by atoms with Gasteiger partial charge < -0.3 is 19.5 Å². The number of hydrogen-bond donors (Lipinski definition) is 1. The molecule has 1 amide bonds. The van der Waals surface area contributed by atoms with Crippen LogP contribution < -0.4 is 10.1 Å². The molecule has 1 atom stereocenters. The van der Waals surface area contributed by atoms with Crippen molar-refractivity contribution in [1.82, 2.24) is 10.2 Å². The number of hydrogen-bond acceptors (Lipinski definition) is 5. The molecule has 1 saturated heterocycles. The van der Waals surface area contributed by atoms with Crippen LogP contribution in [0.1, 0.15) is 32.8 Å². The highest BCUT2D eigenvalue weighted by Gasteiger charge is 2.34. The van der Waals surface area contributed by atoms with E-state index in [9.17, 15) is 9.18 Å². The van der Waals surface area contributed by atoms with E-state index >= 15 is 0 Å². The van der Waals surface area contributed by atoms with E-state index in [1.807, 2.05) is 51.1 Å². The van der Waals surface area contributed by atoms with Gasteiger partial charge in [-0.25, -0.2) is 9.18 Å². The Bertz CT molecular complexity index is 833. The first-order valence-corrected chi connectivity index (χ1v) is 11.0. The lowest BCUT2D eigenvalue weighted by Crippen LogP contribution is -2.59. The van der Waals surface area contributed by atoms with Crippen molar-refractivity contribution in [3.63, 3.8) is 0 Å². The number of nitrogens with one attached hydrogen (secondary N) is 1. The van der Waals surface area contributed by atoms with E-state index in [2.05, 4.69) is 10.2 Å². The second kappa shape index (κ2) is 11.3. The van der Waals surface area contributed by atoms with Crippen molar-refractivity contribution in [2.45, 2.75) is 51.5 Å². The predicted octanol–water partition coefficient (Wildman–Crippen LogP) is 4.39. The van der Waals surface area contributed by atoms with Crippen LogP contribution in [0.5, 0.6) is 5.75 Å². The topological polar surface area (TPSA) is 60.0 Å². The number of carbonyl (C=O) groups is 1. The SMILES string of the molecule is CC(C)(C)OC[C@H](CCNC(=O)OCc1ccccc1)N1CC(Oc2ccc(F)cc2)C1. The maximum atomic E-state index is 13.1. The number of carbonyl (C=O) groups excluding carboxylic acids is 1. The Hall–Kier alpha value is -2.64. The van der Waals surface area contributed by atoms with Gasteiger partial charge in [0.1, 0.15) is 24.3 Å². The molecule has 2 aromatic carbocycles. The first-order chi connectivity index (χ1) is 15.3. The highest BCUT2D eigenvalue weighted by atomic mass is 19.1. The minimum absolute atomic E-state index is 0.0568. The molecule has 1 fully saturated rings. The molecule has 0 bridgehead atoms. The summed E-state index contributed by atoms with van der Waals surface area (Å²) < 4.78 is 30.3. The summed E-state index contributed by atoms with van der Waals surface area (Å²) in [6.45, 7) is 8.90. The van der Waals surface area contributed by atoms with Gasteiger partial charge in [-0.15, -0.1) is 0 Å². The summed E-state index contributed by atoms with van der Waals surface area (Å²) in [4.78, 5) is 14.3. The number of benzene rings is 2. The molecule has 0 unspecified atom stereocenters. The highest BCUT2D eigenvalue weighted by molar-refractivity contribution is 5.67. The Morgan fingerprint density at radius 2 is 1.81 bits per heavy atom. The fraction of sp³-hybridized carbons (Fsp3) is 0.480. The molecule has 0 aliphatic carbocycles. The van der Waals surface area contributed by atoms with Gasteiger partial charge >= 0.3 is 6.09 Å². The maximum absolute atomic E-state index is 13.1. The lowest BCUT2D eigenvalue weighted by molar-refractivity contribution is -0.0737. The molecule has 32 heavy (non-hydrogen) atoms. The molecule has 7 heteroatoms. The zero-order valence-electron chi connectivity index (χ0n) is 19.1. The summed E-state index contributed by atoms with van der Waals surface area (Å²) in [7, 11) is 0. The van der Waals surface area contributed by atoms with Crippen molar-refractivity contribution in [1.29, 1.82) is 0 Å². The zero-order valence-corrected chi connectivity index (χ0v) is 19.1. The normalized spacial score (nSPS) is 15.6. The number of likely N-dealkylation sites (tertiary alicyclic amines) is 1. The van der Waals surface area contributed by atoms with E-state index in [0.717, 1.165) is 25.1 Å². The van der Waals surface area contributed by atoms with Crippen LogP contribution in [0.3, 0.4) is 0 Å². The molecule has 6 nitrogen and oxygen atoms in total. The van der Waals surface area contributed by atoms with Crippen LogP contribution >= 0.6 is 0 Å². The van der Waals surface area contributed by atoms with Gasteiger partial charge in [0.2, 0.25) is 0 Å². The third-order valence-electron chi connectivity index (χ3n) is 5.18. The minimum atomic E-state index is -0.425. The van der Waals surface area contributed by atoms with Crippen molar-refractivity contribution < 1.29 is 23.4 Å². The van der Waals surface area contributed by atoms with E-state index in [1.165, 1.54) is 12.1 Å². The van der Waals surface area contributed by atoms with Crippen molar-refractivity contribution in [2.75, 3.05) is 26.2 Å². The lowest BCUT2D eigenvalue weighted by Gasteiger charge is -2.44. The summed E-state index contributed by atoms with van der Waals surface area (Å²) >= 11 is 0. The van der Waals surface area contributed by atoms with Gasteiger partial charge in [0.05, 0.1) is 12.2 Å². The minimum Gasteiger partial charge on any atom is -0.488 e. The molecule has 1 aliphatic heterocycles. The fourth-order valence-electron chi connectivity index (χ4n) is 3.38. The standard InChI is InChI=1S/C25H33FN2O4/c1-25(2,3)31-18-21(13-14-27-24(29)30-17-19-7-5-4-6-8-19)28-15-23(16-28)32-22-11-9-20(26)10-12-22/h4-12,21,23H,13-18H2,1-3H3,(H,27,29)/t21-/m0/s1. The number of alkyl carbamates (subject to hydrolysis) is 1. The van der Waals surface area contributed by atoms with Gasteiger partial charge in [0.15, 0.2) is 0 Å². The fourth-order valence-corrected chi connectivity index (χ4v) is 3.38. The van der Waals surface area contributed by atoms with Crippen LogP contribution in [-0.4, -0.2) is 55.0 Å². The van der Waals surface area contributed by atoms with Crippen LogP contribution in [-0.2, 0) is 16.1 Å². The van der Waals surface area contributed by atoms with Gasteiger partial charge in [-0.1, -0.05) is 30.3 Å². The van der Waals surface area contributed by atoms with E-state index in [1.54, 1.807) is 12.1 Å². The Morgan fingerprint density at radius 1 is 1.12 bits per heavy atom. The predicted molar refractivity (Wildman–Crippen MR) is 121 cm³/mol. The second-order valence-electron chi connectivity index (χ2n) is 9.00. The third-order valence-corrected chi connectivity index (χ3v) is 5.18. The molecule has 1 aliphatic rings. The Balaban J connectivity index is 1.42. The largest absolute Gasteiger partial charge is 0.488 e. The van der Waals surface area contributed by atoms with E-state index in [4.69, 9.17) is 14.2 Å². The molecule has 0 aromatic heterocycles. The van der Waals surface area contributed by atoms with Crippen molar-refractivity contribution in [3.05, 3.63) is 66.0 Å². The number of nitrogens with zero attached hydrogens (tertiary/aromatic N) is 1. The summed E-state index contributed by atoms with van der Waals surface area (Å²) in [6.07, 6.45) is 0.367. The highest BCUT2D eigenvalue weighted by Crippen LogP contribution is 2.22. The molecule has 0 radical (unpaired) electrons. The van der Waals surface area contributed by atoms with Crippen molar-refractivity contribution in [3.8, 4) is 5.75 Å². The quantitative estimate of drug-likeness (QED) is 0.589. The average Bonchev–Trinajstić information content (AvgIpc) is 2.73. The molecule has 1 N–H and O–H groups in total. The third kappa shape index (κ3) is 8.13. The van der Waals surface area contributed by atoms with Crippen LogP contribution in [0.2, 0.25) is 0 Å². The van der Waals surface area contributed by atoms with Crippen LogP contribution in [0, 0.1) is 5.82 Å². The van der Waals surface area contributed by atoms with Gasteiger partial charge in [-0.2, -0.15) is 0 Å². The van der Waals surface area contributed by atoms with Crippen LogP contribution in [0.4, 0.5) is 9.18 Å². The Labute approximate surface area is 189 Å². The molecule has 2 aromatic rings. The first kappa shape index (κ1) is 24.0. The van der Waals surface area contributed by atoms with Gasteiger partial charge in [0, 0.05) is 25.7 Å². The molecule has 174 valence electrons. The zero-order chi connectivity index (χ0) is 23.0. The van der Waals surface area contributed by atoms with E-state index < -0.39 is 6.09 Å². The first-order valence-electron chi connectivity index (χ1n) is 11.0. The Morgan fingerprint density at radius 3 is 2.47 bits per heavy atom. The molecule has 3 rings (SSSR count). The number of rotatable bonds is 10. The molecular formula is C25H33FN2O4.